The number of Topliss-reactive ketones (excluding diaryl/α,β-unsaturated/α-hetero) is 2. The van der Waals surface area contributed by atoms with E-state index in [0.29, 0.717) is 0 Å². The van der Waals surface area contributed by atoms with Crippen molar-refractivity contribution in [3.05, 3.63) is 24.3 Å². The van der Waals surface area contributed by atoms with Gasteiger partial charge in [0.1, 0.15) is 12.2 Å². The minimum Gasteiger partial charge on any atom is -0.462 e. The summed E-state index contributed by atoms with van der Waals surface area (Å²) in [4.78, 5) is 91.4. The highest BCUT2D eigenvalue weighted by atomic mass is 16.6. The summed E-state index contributed by atoms with van der Waals surface area (Å²) in [5.74, 6) is -9.04. The Morgan fingerprint density at radius 3 is 1.80 bits per heavy atom. The van der Waals surface area contributed by atoms with Crippen molar-refractivity contribution in [3.8, 4) is 0 Å². The first-order valence-corrected chi connectivity index (χ1v) is 14.5. The Hall–Kier alpha value is -3.83. The molecule has 1 fully saturated rings. The lowest BCUT2D eigenvalue weighted by Crippen LogP contribution is -2.58. The van der Waals surface area contributed by atoms with Gasteiger partial charge in [0.15, 0.2) is 23.3 Å². The lowest BCUT2D eigenvalue weighted by atomic mass is 9.72. The Morgan fingerprint density at radius 2 is 1.32 bits per heavy atom. The van der Waals surface area contributed by atoms with E-state index in [1.807, 2.05) is 0 Å². The number of carbonyl (C=O) groups excluding carboxylic acids is 7. The third-order valence-corrected chi connectivity index (χ3v) is 7.86. The fourth-order valence-electron chi connectivity index (χ4n) is 5.88. The zero-order valence-electron chi connectivity index (χ0n) is 27.1. The first-order valence-electron chi connectivity index (χ1n) is 14.5. The van der Waals surface area contributed by atoms with Gasteiger partial charge in [-0.3, -0.25) is 33.6 Å². The van der Waals surface area contributed by atoms with Crippen LogP contribution in [0.25, 0.3) is 0 Å². The van der Waals surface area contributed by atoms with Crippen molar-refractivity contribution in [3.63, 3.8) is 0 Å². The highest BCUT2D eigenvalue weighted by Gasteiger charge is 2.65. The van der Waals surface area contributed by atoms with Crippen LogP contribution in [0.5, 0.6) is 0 Å². The smallest absolute Gasteiger partial charge is 0.309 e. The molecule has 2 aliphatic rings. The summed E-state index contributed by atoms with van der Waals surface area (Å²) in [5.41, 5.74) is -3.65. The molecule has 0 aliphatic heterocycles. The molecular weight excluding hydrogens is 576 g/mol. The van der Waals surface area contributed by atoms with E-state index in [9.17, 15) is 33.6 Å². The first-order chi connectivity index (χ1) is 20.2. The van der Waals surface area contributed by atoms with E-state index in [4.69, 9.17) is 23.7 Å². The van der Waals surface area contributed by atoms with Crippen LogP contribution in [0, 0.1) is 29.1 Å². The molecule has 8 atom stereocenters. The monoisotopic (exact) mass is 620 g/mol. The van der Waals surface area contributed by atoms with E-state index in [1.165, 1.54) is 26.0 Å². The zero-order valence-corrected chi connectivity index (χ0v) is 27.1. The van der Waals surface area contributed by atoms with Crippen molar-refractivity contribution >= 4 is 41.4 Å². The van der Waals surface area contributed by atoms with Crippen LogP contribution < -0.4 is 0 Å². The number of ether oxygens (including phenoxy) is 5. The van der Waals surface area contributed by atoms with Crippen molar-refractivity contribution in [2.45, 2.75) is 106 Å². The molecule has 0 N–H and O–H groups in total. The number of hydrogen-bond donors (Lipinski definition) is 0. The van der Waals surface area contributed by atoms with Crippen LogP contribution in [-0.4, -0.2) is 71.4 Å². The quantitative estimate of drug-likeness (QED) is 0.242. The Kier molecular flexibility index (Phi) is 11.5. The Balaban J connectivity index is 3.08. The molecule has 0 aromatic carbocycles. The molecule has 12 nitrogen and oxygen atoms in total. The number of ketones is 2. The fraction of sp³-hybridized carbons (Fsp3) is 0.656. The molecule has 0 heterocycles. The Labute approximate surface area is 257 Å². The topological polar surface area (TPSA) is 166 Å². The Morgan fingerprint density at radius 1 is 0.795 bits per heavy atom. The average Bonchev–Trinajstić information content (AvgIpc) is 3.15. The molecule has 1 saturated carbocycles. The van der Waals surface area contributed by atoms with Crippen molar-refractivity contribution in [1.82, 2.24) is 0 Å². The summed E-state index contributed by atoms with van der Waals surface area (Å²) in [6.07, 6.45) is -3.49. The molecular formula is C32H44O12. The van der Waals surface area contributed by atoms with Crippen LogP contribution in [0.3, 0.4) is 0 Å². The van der Waals surface area contributed by atoms with E-state index >= 15 is 0 Å². The molecule has 0 radical (unpaired) electrons. The minimum absolute atomic E-state index is 0.121. The number of fused-ring (bicyclic) bond motifs is 1. The molecule has 0 aromatic rings. The van der Waals surface area contributed by atoms with E-state index in [-0.39, 0.29) is 12.0 Å². The van der Waals surface area contributed by atoms with Crippen molar-refractivity contribution < 1.29 is 57.2 Å². The standard InChI is InChI=1S/C32H44O12/c1-15(2)30(39)43-27-26(42-21(8)35)18(5)25(41-20(7)34)23-24(40-19(6)33)17(4)14-32(23,44-22(9)36)28(37)16(3)12-13-31(10,11)29(27)38/h12-13,15-17,23-27H,5,14H2,1-4,6-11H3. The highest BCUT2D eigenvalue weighted by molar-refractivity contribution is 5.95. The van der Waals surface area contributed by atoms with Crippen LogP contribution in [0.2, 0.25) is 0 Å². The molecule has 244 valence electrons. The summed E-state index contributed by atoms with van der Waals surface area (Å²) in [6, 6.07) is 0. The lowest BCUT2D eigenvalue weighted by Gasteiger charge is -2.42. The van der Waals surface area contributed by atoms with E-state index < -0.39 is 101 Å². The molecule has 2 aliphatic carbocycles. The Bertz CT molecular complexity index is 1240. The number of allylic oxidation sites excluding steroid dienone is 2. The molecule has 2 rings (SSSR count). The van der Waals surface area contributed by atoms with Crippen molar-refractivity contribution in [1.29, 1.82) is 0 Å². The summed E-state index contributed by atoms with van der Waals surface area (Å²) < 4.78 is 28.5. The summed E-state index contributed by atoms with van der Waals surface area (Å²) in [6.45, 7) is 17.8. The zero-order chi connectivity index (χ0) is 33.9. The second-order valence-corrected chi connectivity index (χ2v) is 12.5. The van der Waals surface area contributed by atoms with Gasteiger partial charge in [0.05, 0.1) is 11.8 Å². The number of rotatable bonds is 6. The van der Waals surface area contributed by atoms with E-state index in [0.717, 1.165) is 27.7 Å². The van der Waals surface area contributed by atoms with Crippen molar-refractivity contribution in [2.24, 2.45) is 29.1 Å². The van der Waals surface area contributed by atoms with Gasteiger partial charge in [-0.1, -0.05) is 46.4 Å². The van der Waals surface area contributed by atoms with Crippen LogP contribution in [0.15, 0.2) is 24.3 Å². The van der Waals surface area contributed by atoms with Gasteiger partial charge >= 0.3 is 29.8 Å². The summed E-state index contributed by atoms with van der Waals surface area (Å²) in [7, 11) is 0. The van der Waals surface area contributed by atoms with Gasteiger partial charge in [-0.05, 0) is 19.8 Å². The molecule has 12 heteroatoms. The number of hydrogen-bond acceptors (Lipinski definition) is 12. The molecule has 0 amide bonds. The van der Waals surface area contributed by atoms with Gasteiger partial charge in [0.25, 0.3) is 0 Å². The largest absolute Gasteiger partial charge is 0.462 e. The van der Waals surface area contributed by atoms with Gasteiger partial charge in [-0.15, -0.1) is 0 Å². The molecule has 0 bridgehead atoms. The summed E-state index contributed by atoms with van der Waals surface area (Å²) in [5, 5.41) is 0. The predicted octanol–water partition coefficient (Wildman–Crippen LogP) is 3.23. The first kappa shape index (κ1) is 36.4. The molecule has 44 heavy (non-hydrogen) atoms. The number of carbonyl (C=O) groups is 7. The second kappa shape index (κ2) is 13.9. The van der Waals surface area contributed by atoms with Gasteiger partial charge < -0.3 is 23.7 Å². The maximum atomic E-state index is 14.4. The van der Waals surface area contributed by atoms with E-state index in [1.54, 1.807) is 27.7 Å². The number of esters is 5. The molecule has 0 aromatic heterocycles. The molecule has 8 unspecified atom stereocenters. The third-order valence-electron chi connectivity index (χ3n) is 7.86. The fourth-order valence-corrected chi connectivity index (χ4v) is 5.88. The van der Waals surface area contributed by atoms with Crippen LogP contribution >= 0.6 is 0 Å². The third kappa shape index (κ3) is 7.81. The van der Waals surface area contributed by atoms with E-state index in [2.05, 4.69) is 6.58 Å². The minimum atomic E-state index is -2.02. The van der Waals surface area contributed by atoms with Crippen LogP contribution in [-0.2, 0) is 57.2 Å². The van der Waals surface area contributed by atoms with Gasteiger partial charge in [0.2, 0.25) is 6.10 Å². The highest BCUT2D eigenvalue weighted by Crippen LogP contribution is 2.51. The predicted molar refractivity (Wildman–Crippen MR) is 154 cm³/mol. The van der Waals surface area contributed by atoms with Gasteiger partial charge in [-0.25, -0.2) is 0 Å². The average molecular weight is 621 g/mol. The van der Waals surface area contributed by atoms with Gasteiger partial charge in [0, 0.05) is 51.0 Å². The van der Waals surface area contributed by atoms with Crippen molar-refractivity contribution in [2.75, 3.05) is 0 Å². The normalized spacial score (nSPS) is 32.1. The van der Waals surface area contributed by atoms with Gasteiger partial charge in [-0.2, -0.15) is 0 Å². The van der Waals surface area contributed by atoms with Crippen LogP contribution in [0.1, 0.15) is 75.7 Å². The summed E-state index contributed by atoms with van der Waals surface area (Å²) >= 11 is 0. The maximum Gasteiger partial charge on any atom is 0.309 e. The second-order valence-electron chi connectivity index (χ2n) is 12.5. The lowest BCUT2D eigenvalue weighted by molar-refractivity contribution is -0.187. The SMILES string of the molecule is C=C1C(OC(C)=O)C(OC(=O)C(C)C)C(=O)C(C)(C)C=CC(C)C(=O)C2(OC(C)=O)CC(C)C(OC(C)=O)C2C1OC(C)=O. The maximum absolute atomic E-state index is 14.4. The van der Waals surface area contributed by atoms with Crippen LogP contribution in [0.4, 0.5) is 0 Å². The molecule has 0 spiro atoms. The molecule has 0 saturated heterocycles.